The van der Waals surface area contributed by atoms with E-state index >= 15 is 0 Å². The van der Waals surface area contributed by atoms with E-state index in [1.54, 1.807) is 10.7 Å². The summed E-state index contributed by atoms with van der Waals surface area (Å²) in [5, 5.41) is 12.1. The van der Waals surface area contributed by atoms with Gasteiger partial charge >= 0.3 is 0 Å². The molecule has 0 amide bonds. The number of rotatable bonds is 3. The fourth-order valence-corrected chi connectivity index (χ4v) is 2.56. The van der Waals surface area contributed by atoms with Crippen LogP contribution in [0.4, 0.5) is 11.5 Å². The molecule has 0 saturated carbocycles. The van der Waals surface area contributed by atoms with Crippen LogP contribution in [-0.4, -0.2) is 29.4 Å². The van der Waals surface area contributed by atoms with Gasteiger partial charge in [0, 0.05) is 17.8 Å². The Balaban J connectivity index is 1.76. The van der Waals surface area contributed by atoms with Gasteiger partial charge in [0.2, 0.25) is 0 Å². The number of anilines is 2. The van der Waals surface area contributed by atoms with Gasteiger partial charge in [0.15, 0.2) is 0 Å². The second-order valence-electron chi connectivity index (χ2n) is 6.83. The zero-order valence-electron chi connectivity index (χ0n) is 14.4. The highest BCUT2D eigenvalue weighted by Gasteiger charge is 2.15. The Morgan fingerprint density at radius 2 is 1.84 bits per heavy atom. The van der Waals surface area contributed by atoms with Crippen molar-refractivity contribution >= 4 is 17.3 Å². The molecule has 0 radical (unpaired) electrons. The van der Waals surface area contributed by atoms with Gasteiger partial charge in [-0.1, -0.05) is 30.3 Å². The summed E-state index contributed by atoms with van der Waals surface area (Å²) < 4.78 is 3.61. The fourth-order valence-electron chi connectivity index (χ4n) is 2.56. The summed E-state index contributed by atoms with van der Waals surface area (Å²) >= 11 is 0. The van der Waals surface area contributed by atoms with E-state index in [4.69, 9.17) is 0 Å². The Kier molecular flexibility index (Phi) is 3.49. The molecule has 126 valence electrons. The summed E-state index contributed by atoms with van der Waals surface area (Å²) in [6, 6.07) is 12.0. The number of hydrogen-bond donors (Lipinski definition) is 1. The van der Waals surface area contributed by atoms with Crippen molar-refractivity contribution in [1.82, 2.24) is 29.4 Å². The van der Waals surface area contributed by atoms with Crippen LogP contribution in [0.3, 0.4) is 0 Å². The third-order valence-corrected chi connectivity index (χ3v) is 3.86. The van der Waals surface area contributed by atoms with E-state index in [0.717, 1.165) is 22.8 Å². The average Bonchev–Trinajstić information content (AvgIpc) is 3.24. The molecule has 7 heteroatoms. The lowest BCUT2D eigenvalue weighted by Gasteiger charge is -2.18. The van der Waals surface area contributed by atoms with Gasteiger partial charge in [0.05, 0.1) is 23.1 Å². The van der Waals surface area contributed by atoms with Crippen molar-refractivity contribution in [2.75, 3.05) is 5.32 Å². The predicted molar refractivity (Wildman–Crippen MR) is 96.7 cm³/mol. The molecule has 0 spiro atoms. The van der Waals surface area contributed by atoms with E-state index < -0.39 is 0 Å². The van der Waals surface area contributed by atoms with Crippen molar-refractivity contribution in [2.24, 2.45) is 0 Å². The van der Waals surface area contributed by atoms with Gasteiger partial charge in [-0.2, -0.15) is 19.7 Å². The van der Waals surface area contributed by atoms with Gasteiger partial charge in [0.1, 0.15) is 12.1 Å². The number of benzene rings is 1. The van der Waals surface area contributed by atoms with Gasteiger partial charge < -0.3 is 5.32 Å². The lowest BCUT2D eigenvalue weighted by Crippen LogP contribution is -2.21. The molecule has 0 aliphatic carbocycles. The molecule has 7 nitrogen and oxygen atoms in total. The fraction of sp³-hybridized carbons (Fsp3) is 0.222. The third kappa shape index (κ3) is 2.96. The van der Waals surface area contributed by atoms with Crippen LogP contribution in [0, 0.1) is 0 Å². The summed E-state index contributed by atoms with van der Waals surface area (Å²) in [7, 11) is 0. The molecule has 0 aliphatic rings. The van der Waals surface area contributed by atoms with E-state index in [2.05, 4.69) is 46.3 Å². The molecular formula is C18H19N7. The quantitative estimate of drug-likeness (QED) is 0.621. The highest BCUT2D eigenvalue weighted by molar-refractivity contribution is 5.67. The number of nitrogens with one attached hydrogen (secondary N) is 1. The molecule has 0 aliphatic heterocycles. The Bertz CT molecular complexity index is 1010. The van der Waals surface area contributed by atoms with Crippen molar-refractivity contribution in [3.63, 3.8) is 0 Å². The maximum absolute atomic E-state index is 4.58. The first-order chi connectivity index (χ1) is 12.0. The monoisotopic (exact) mass is 333 g/mol. The molecule has 0 saturated heterocycles. The zero-order chi connectivity index (χ0) is 17.4. The lowest BCUT2D eigenvalue weighted by molar-refractivity contribution is 0.355. The smallest absolute Gasteiger partial charge is 0.254 e. The second kappa shape index (κ2) is 5.70. The van der Waals surface area contributed by atoms with E-state index in [1.807, 2.05) is 47.3 Å². The van der Waals surface area contributed by atoms with Crippen LogP contribution >= 0.6 is 0 Å². The minimum atomic E-state index is -0.0735. The van der Waals surface area contributed by atoms with Gasteiger partial charge in [-0.3, -0.25) is 4.68 Å². The van der Waals surface area contributed by atoms with Crippen LogP contribution in [0.15, 0.2) is 55.1 Å². The molecular weight excluding hydrogens is 314 g/mol. The average molecular weight is 333 g/mol. The summed E-state index contributed by atoms with van der Waals surface area (Å²) in [6.45, 7) is 6.33. The number of fused-ring (bicyclic) bond motifs is 1. The van der Waals surface area contributed by atoms with Crippen LogP contribution < -0.4 is 5.32 Å². The van der Waals surface area contributed by atoms with Crippen molar-refractivity contribution in [3.05, 3.63) is 55.1 Å². The molecule has 3 heterocycles. The van der Waals surface area contributed by atoms with Crippen LogP contribution in [0.2, 0.25) is 0 Å². The zero-order valence-corrected chi connectivity index (χ0v) is 14.4. The Morgan fingerprint density at radius 1 is 1.04 bits per heavy atom. The highest BCUT2D eigenvalue weighted by atomic mass is 15.4. The maximum atomic E-state index is 4.58. The van der Waals surface area contributed by atoms with E-state index in [1.165, 1.54) is 6.33 Å². The van der Waals surface area contributed by atoms with Crippen LogP contribution in [0.25, 0.3) is 17.0 Å². The number of aromatic nitrogens is 6. The van der Waals surface area contributed by atoms with Gasteiger partial charge in [0.25, 0.3) is 5.78 Å². The third-order valence-electron chi connectivity index (χ3n) is 3.86. The molecule has 3 aromatic heterocycles. The molecule has 0 unspecified atom stereocenters. The summed E-state index contributed by atoms with van der Waals surface area (Å²) in [6.07, 6.45) is 5.28. The lowest BCUT2D eigenvalue weighted by atomic mass is 10.1. The minimum Gasteiger partial charge on any atom is -0.337 e. The van der Waals surface area contributed by atoms with Crippen LogP contribution in [0.1, 0.15) is 20.8 Å². The summed E-state index contributed by atoms with van der Waals surface area (Å²) in [5.74, 6) is 1.34. The topological polar surface area (TPSA) is 72.9 Å². The first-order valence-electron chi connectivity index (χ1n) is 8.09. The van der Waals surface area contributed by atoms with Gasteiger partial charge in [-0.25, -0.2) is 4.98 Å². The minimum absolute atomic E-state index is 0.0735. The highest BCUT2D eigenvalue weighted by Crippen LogP contribution is 2.24. The Hall–Kier alpha value is -3.22. The standard InChI is InChI=1S/C18H19N7/c1-18(2,3)24-11-14(10-20-24)22-16-9-15(13-7-5-4-6-8-13)23-17-19-12-21-25(16)17/h4-12,22H,1-3H3. The van der Waals surface area contributed by atoms with E-state index in [9.17, 15) is 0 Å². The summed E-state index contributed by atoms with van der Waals surface area (Å²) in [4.78, 5) is 8.81. The molecule has 0 fully saturated rings. The molecule has 25 heavy (non-hydrogen) atoms. The molecule has 4 aromatic rings. The Morgan fingerprint density at radius 3 is 2.56 bits per heavy atom. The van der Waals surface area contributed by atoms with Crippen molar-refractivity contribution < 1.29 is 0 Å². The normalized spacial score (nSPS) is 11.8. The number of hydrogen-bond acceptors (Lipinski definition) is 5. The Labute approximate surface area is 145 Å². The van der Waals surface area contributed by atoms with E-state index in [-0.39, 0.29) is 5.54 Å². The van der Waals surface area contributed by atoms with Crippen molar-refractivity contribution in [2.45, 2.75) is 26.3 Å². The molecule has 0 bridgehead atoms. The van der Waals surface area contributed by atoms with Crippen LogP contribution in [-0.2, 0) is 5.54 Å². The largest absolute Gasteiger partial charge is 0.337 e. The van der Waals surface area contributed by atoms with E-state index in [0.29, 0.717) is 5.78 Å². The SMILES string of the molecule is CC(C)(C)n1cc(Nc2cc(-c3ccccc3)nc3ncnn23)cn1. The van der Waals surface area contributed by atoms with Crippen LogP contribution in [0.5, 0.6) is 0 Å². The molecule has 4 rings (SSSR count). The van der Waals surface area contributed by atoms with Crippen molar-refractivity contribution in [1.29, 1.82) is 0 Å². The van der Waals surface area contributed by atoms with Gasteiger partial charge in [-0.15, -0.1) is 0 Å². The predicted octanol–water partition coefficient (Wildman–Crippen LogP) is 3.49. The number of nitrogens with zero attached hydrogens (tertiary/aromatic N) is 6. The molecule has 1 N–H and O–H groups in total. The first-order valence-corrected chi connectivity index (χ1v) is 8.09. The van der Waals surface area contributed by atoms with Gasteiger partial charge in [-0.05, 0) is 20.8 Å². The summed E-state index contributed by atoms with van der Waals surface area (Å²) in [5.41, 5.74) is 2.68. The second-order valence-corrected chi connectivity index (χ2v) is 6.83. The molecule has 1 aromatic carbocycles. The molecule has 0 atom stereocenters. The van der Waals surface area contributed by atoms with Crippen molar-refractivity contribution in [3.8, 4) is 11.3 Å². The first kappa shape index (κ1) is 15.3. The maximum Gasteiger partial charge on any atom is 0.254 e.